The van der Waals surface area contributed by atoms with Crippen molar-refractivity contribution >= 4 is 5.78 Å². The maximum Gasteiger partial charge on any atom is 3.00 e. The molecule has 0 saturated carbocycles. The average Bonchev–Trinajstić information content (AvgIpc) is 0.811. The van der Waals surface area contributed by atoms with E-state index in [1.807, 2.05) is 0 Å². The molecule has 1 nitrogen and oxygen atoms in total. The summed E-state index contributed by atoms with van der Waals surface area (Å²) in [5.74, 6) is 0.167. The second-order valence-corrected chi connectivity index (χ2v) is 0.908. The molecule has 0 spiro atoms. The van der Waals surface area contributed by atoms with E-state index in [1.165, 1.54) is 13.8 Å². The molecule has 0 N–H and O–H groups in total. The van der Waals surface area contributed by atoms with E-state index in [-0.39, 0.29) is 22.9 Å². The van der Waals surface area contributed by atoms with Crippen molar-refractivity contribution in [3.63, 3.8) is 0 Å². The molecule has 0 aromatic rings. The van der Waals surface area contributed by atoms with E-state index in [2.05, 4.69) is 0 Å². The number of rotatable bonds is 0. The van der Waals surface area contributed by atoms with Crippen molar-refractivity contribution in [2.45, 2.75) is 13.8 Å². The van der Waals surface area contributed by atoms with Crippen LogP contribution in [0.1, 0.15) is 13.8 Å². The maximum atomic E-state index is 9.44. The molecule has 0 rings (SSSR count). The number of Topliss-reactive ketones (excluding diaryl/α,β-unsaturated/α-hetero) is 1. The van der Waals surface area contributed by atoms with E-state index in [9.17, 15) is 4.79 Å². The minimum Gasteiger partial charge on any atom is -0.300 e. The Morgan fingerprint density at radius 2 is 1.40 bits per heavy atom. The second-order valence-electron chi connectivity index (χ2n) is 0.908. The van der Waals surface area contributed by atoms with Crippen molar-refractivity contribution < 1.29 is 21.9 Å². The van der Waals surface area contributed by atoms with Crippen LogP contribution in [0, 0.1) is 0 Å². The molecule has 28 valence electrons. The van der Waals surface area contributed by atoms with Gasteiger partial charge in [-0.15, -0.1) is 0 Å². The van der Waals surface area contributed by atoms with Gasteiger partial charge in [-0.1, -0.05) is 0 Å². The Kier molecular flexibility index (Phi) is 7.50. The van der Waals surface area contributed by atoms with Gasteiger partial charge in [0.15, 0.2) is 0 Å². The van der Waals surface area contributed by atoms with Crippen LogP contribution in [0.25, 0.3) is 0 Å². The zero-order chi connectivity index (χ0) is 3.58. The van der Waals surface area contributed by atoms with Gasteiger partial charge in [-0.05, 0) is 13.8 Å². The van der Waals surface area contributed by atoms with Crippen molar-refractivity contribution in [2.75, 3.05) is 0 Å². The van der Waals surface area contributed by atoms with Gasteiger partial charge in [0.1, 0.15) is 5.78 Å². The number of hydrogen-bond donors (Lipinski definition) is 0. The van der Waals surface area contributed by atoms with Crippen LogP contribution in [-0.2, 0) is 21.9 Å². The van der Waals surface area contributed by atoms with Crippen molar-refractivity contribution in [3.05, 3.63) is 0 Å². The number of carbonyl (C=O) groups excluding carboxylic acids is 1. The van der Waals surface area contributed by atoms with Gasteiger partial charge in [-0.3, -0.25) is 0 Å². The Morgan fingerprint density at radius 3 is 1.40 bits per heavy atom. The van der Waals surface area contributed by atoms with Gasteiger partial charge in [0.2, 0.25) is 0 Å². The number of ketones is 1. The predicted molar refractivity (Wildman–Crippen MR) is 16.4 cm³/mol. The van der Waals surface area contributed by atoms with Crippen LogP contribution >= 0.6 is 0 Å². The Balaban J connectivity index is 0. The van der Waals surface area contributed by atoms with Crippen LogP contribution in [0.15, 0.2) is 0 Å². The third-order valence-electron chi connectivity index (χ3n) is 0. The van der Waals surface area contributed by atoms with Gasteiger partial charge in [0, 0.05) is 0 Å². The summed E-state index contributed by atoms with van der Waals surface area (Å²) in [5, 5.41) is 0. The quantitative estimate of drug-likeness (QED) is 0.420. The third-order valence-corrected chi connectivity index (χ3v) is 0. The van der Waals surface area contributed by atoms with Gasteiger partial charge in [-0.25, -0.2) is 0 Å². The Labute approximate surface area is 42.2 Å². The summed E-state index contributed by atoms with van der Waals surface area (Å²) in [5.41, 5.74) is 0. The Hall–Kier alpha value is 0.189. The normalized spacial score (nSPS) is 5.20. The van der Waals surface area contributed by atoms with Crippen molar-refractivity contribution in [1.82, 2.24) is 0 Å². The van der Waals surface area contributed by atoms with Gasteiger partial charge >= 0.3 is 17.1 Å². The van der Waals surface area contributed by atoms with Crippen LogP contribution in [-0.4, -0.2) is 5.78 Å². The van der Waals surface area contributed by atoms with Crippen LogP contribution < -0.4 is 0 Å². The summed E-state index contributed by atoms with van der Waals surface area (Å²) in [6, 6.07) is 0. The minimum atomic E-state index is 0. The SMILES string of the molecule is CC(C)=O.[Mn+3]. The molecule has 0 bridgehead atoms. The molecule has 0 amide bonds. The standard InChI is InChI=1S/C3H6O.Mn/c1-3(2)4;/h1-2H3;/q;+3. The first-order chi connectivity index (χ1) is 1.73. The van der Waals surface area contributed by atoms with E-state index >= 15 is 0 Å². The molecule has 0 saturated heterocycles. The molecule has 0 fully saturated rings. The predicted octanol–water partition coefficient (Wildman–Crippen LogP) is 0.593. The molecular formula is C3H6MnO+3. The third kappa shape index (κ3) is 559. The van der Waals surface area contributed by atoms with Crippen molar-refractivity contribution in [2.24, 2.45) is 0 Å². The van der Waals surface area contributed by atoms with Crippen molar-refractivity contribution in [3.8, 4) is 0 Å². The topological polar surface area (TPSA) is 17.1 Å². The van der Waals surface area contributed by atoms with Crippen LogP contribution in [0.5, 0.6) is 0 Å². The summed E-state index contributed by atoms with van der Waals surface area (Å²) in [7, 11) is 0. The zero-order valence-electron chi connectivity index (χ0n) is 3.29. The molecule has 0 atom stereocenters. The van der Waals surface area contributed by atoms with Crippen molar-refractivity contribution in [1.29, 1.82) is 0 Å². The van der Waals surface area contributed by atoms with E-state index < -0.39 is 0 Å². The van der Waals surface area contributed by atoms with Gasteiger partial charge in [0.05, 0.1) is 0 Å². The molecule has 0 heterocycles. The molecule has 0 aliphatic heterocycles. The summed E-state index contributed by atoms with van der Waals surface area (Å²) >= 11 is 0. The monoisotopic (exact) mass is 113 g/mol. The summed E-state index contributed by atoms with van der Waals surface area (Å²) in [4.78, 5) is 9.44. The first-order valence-electron chi connectivity index (χ1n) is 1.20. The number of carbonyl (C=O) groups is 1. The molecule has 0 aromatic heterocycles. The molecule has 0 aromatic carbocycles. The fraction of sp³-hybridized carbons (Fsp3) is 0.667. The van der Waals surface area contributed by atoms with Crippen LogP contribution in [0.4, 0.5) is 0 Å². The second kappa shape index (κ2) is 4.19. The minimum absolute atomic E-state index is 0. The zero-order valence-corrected chi connectivity index (χ0v) is 4.47. The molecule has 2 heteroatoms. The molecule has 0 unspecified atom stereocenters. The van der Waals surface area contributed by atoms with E-state index in [4.69, 9.17) is 0 Å². The van der Waals surface area contributed by atoms with Gasteiger partial charge in [-0.2, -0.15) is 0 Å². The largest absolute Gasteiger partial charge is 3.00 e. The van der Waals surface area contributed by atoms with Gasteiger partial charge in [0.25, 0.3) is 0 Å². The maximum absolute atomic E-state index is 9.44. The van der Waals surface area contributed by atoms with Crippen LogP contribution in [0.2, 0.25) is 0 Å². The van der Waals surface area contributed by atoms with Gasteiger partial charge < -0.3 is 4.79 Å². The summed E-state index contributed by atoms with van der Waals surface area (Å²) in [6.07, 6.45) is 0. The molecule has 0 aliphatic rings. The molecule has 0 radical (unpaired) electrons. The van der Waals surface area contributed by atoms with E-state index in [0.717, 1.165) is 0 Å². The van der Waals surface area contributed by atoms with E-state index in [0.29, 0.717) is 0 Å². The average molecular weight is 113 g/mol. The molecule has 5 heavy (non-hydrogen) atoms. The Morgan fingerprint density at radius 1 is 1.40 bits per heavy atom. The summed E-state index contributed by atoms with van der Waals surface area (Å²) < 4.78 is 0. The fourth-order valence-electron chi connectivity index (χ4n) is 0. The fourth-order valence-corrected chi connectivity index (χ4v) is 0. The van der Waals surface area contributed by atoms with Crippen LogP contribution in [0.3, 0.4) is 0 Å². The van der Waals surface area contributed by atoms with E-state index in [1.54, 1.807) is 0 Å². The Bertz CT molecular complexity index is 29.9. The molecular weight excluding hydrogens is 107 g/mol. The summed E-state index contributed by atoms with van der Waals surface area (Å²) in [6.45, 7) is 3.06. The smallest absolute Gasteiger partial charge is 0.300 e. The first kappa shape index (κ1) is 8.95. The number of hydrogen-bond acceptors (Lipinski definition) is 1. The molecule has 0 aliphatic carbocycles. The first-order valence-corrected chi connectivity index (χ1v) is 1.20.